The van der Waals surface area contributed by atoms with Crippen LogP contribution in [0.5, 0.6) is 5.88 Å². The van der Waals surface area contributed by atoms with Crippen molar-refractivity contribution in [1.29, 1.82) is 0 Å². The monoisotopic (exact) mass is 357 g/mol. The third-order valence-electron chi connectivity index (χ3n) is 4.69. The molecular weight excluding hydrogens is 334 g/mol. The number of ether oxygens (including phenoxy) is 1. The Morgan fingerprint density at radius 3 is 2.76 bits per heavy atom. The third kappa shape index (κ3) is 3.84. The maximum Gasteiger partial charge on any atom is 0.270 e. The molecule has 0 unspecified atom stereocenters. The molecule has 2 aromatic heterocycles. The van der Waals surface area contributed by atoms with Gasteiger partial charge in [-0.3, -0.25) is 4.79 Å². The lowest BCUT2D eigenvalue weighted by molar-refractivity contribution is 0.0905. The van der Waals surface area contributed by atoms with Gasteiger partial charge in [0.15, 0.2) is 0 Å². The number of pyridine rings is 1. The molecule has 2 aliphatic carbocycles. The summed E-state index contributed by atoms with van der Waals surface area (Å²) in [6, 6.07) is 3.82. The van der Waals surface area contributed by atoms with Gasteiger partial charge in [0.1, 0.15) is 10.7 Å². The van der Waals surface area contributed by atoms with Crippen molar-refractivity contribution in [2.45, 2.75) is 51.0 Å². The molecule has 2 aliphatic rings. The Morgan fingerprint density at radius 1 is 1.32 bits per heavy atom. The van der Waals surface area contributed by atoms with E-state index in [9.17, 15) is 4.79 Å². The first-order valence-electron chi connectivity index (χ1n) is 8.89. The Labute approximate surface area is 151 Å². The number of hydrogen-bond donors (Lipinski definition) is 1. The molecule has 4 rings (SSSR count). The second-order valence-electron chi connectivity index (χ2n) is 7.54. The summed E-state index contributed by atoms with van der Waals surface area (Å²) in [7, 11) is 0. The molecule has 2 aromatic rings. The highest BCUT2D eigenvalue weighted by molar-refractivity contribution is 7.09. The summed E-state index contributed by atoms with van der Waals surface area (Å²) in [5.41, 5.74) is 1.02. The maximum absolute atomic E-state index is 12.7. The van der Waals surface area contributed by atoms with Crippen LogP contribution in [0.25, 0.3) is 0 Å². The van der Waals surface area contributed by atoms with Gasteiger partial charge in [-0.25, -0.2) is 9.97 Å². The van der Waals surface area contributed by atoms with Crippen molar-refractivity contribution in [1.82, 2.24) is 15.3 Å². The average molecular weight is 357 g/mol. The summed E-state index contributed by atoms with van der Waals surface area (Å²) in [6.45, 7) is 4.61. The second kappa shape index (κ2) is 6.41. The summed E-state index contributed by atoms with van der Waals surface area (Å²) in [5, 5.41) is 5.82. The Morgan fingerprint density at radius 2 is 2.12 bits per heavy atom. The molecule has 1 amide bonds. The number of rotatable bonds is 7. The molecule has 0 aromatic carbocycles. The molecule has 0 atom stereocenters. The SMILES string of the molecule is CC(C)(NC(=O)c1ccc(C2CC2)c(OCC2CC2)n1)c1nccs1. The van der Waals surface area contributed by atoms with Crippen LogP contribution in [-0.2, 0) is 5.54 Å². The van der Waals surface area contributed by atoms with Crippen molar-refractivity contribution in [3.63, 3.8) is 0 Å². The van der Waals surface area contributed by atoms with Gasteiger partial charge in [0.25, 0.3) is 5.91 Å². The highest BCUT2D eigenvalue weighted by Gasteiger charge is 2.31. The lowest BCUT2D eigenvalue weighted by atomic mass is 10.1. The molecule has 0 bridgehead atoms. The first-order valence-corrected chi connectivity index (χ1v) is 9.77. The molecule has 0 radical (unpaired) electrons. The van der Waals surface area contributed by atoms with Crippen molar-refractivity contribution in [3.05, 3.63) is 40.0 Å². The molecule has 2 fully saturated rings. The van der Waals surface area contributed by atoms with E-state index in [1.165, 1.54) is 37.0 Å². The summed E-state index contributed by atoms with van der Waals surface area (Å²) in [4.78, 5) is 21.6. The van der Waals surface area contributed by atoms with E-state index in [0.29, 0.717) is 30.0 Å². The predicted molar refractivity (Wildman–Crippen MR) is 97.0 cm³/mol. The van der Waals surface area contributed by atoms with E-state index in [1.807, 2.05) is 31.4 Å². The minimum Gasteiger partial charge on any atom is -0.477 e. The highest BCUT2D eigenvalue weighted by atomic mass is 32.1. The fourth-order valence-corrected chi connectivity index (χ4v) is 3.53. The molecule has 5 nitrogen and oxygen atoms in total. The number of nitrogens with zero attached hydrogens (tertiary/aromatic N) is 2. The molecule has 0 aliphatic heterocycles. The van der Waals surface area contributed by atoms with Crippen molar-refractivity contribution in [2.75, 3.05) is 6.61 Å². The molecule has 0 spiro atoms. The van der Waals surface area contributed by atoms with E-state index in [0.717, 1.165) is 10.6 Å². The topological polar surface area (TPSA) is 64.1 Å². The molecule has 6 heteroatoms. The Hall–Kier alpha value is -1.95. The van der Waals surface area contributed by atoms with Crippen molar-refractivity contribution in [3.8, 4) is 5.88 Å². The normalized spacial score (nSPS) is 17.4. The fourth-order valence-electron chi connectivity index (χ4n) is 2.81. The van der Waals surface area contributed by atoms with Crippen LogP contribution in [0.4, 0.5) is 0 Å². The van der Waals surface area contributed by atoms with E-state index in [2.05, 4.69) is 15.3 Å². The zero-order valence-corrected chi connectivity index (χ0v) is 15.4. The zero-order chi connectivity index (χ0) is 17.4. The van der Waals surface area contributed by atoms with E-state index < -0.39 is 5.54 Å². The second-order valence-corrected chi connectivity index (χ2v) is 8.43. The van der Waals surface area contributed by atoms with E-state index >= 15 is 0 Å². The Kier molecular flexibility index (Phi) is 4.23. The van der Waals surface area contributed by atoms with Crippen LogP contribution in [0.3, 0.4) is 0 Å². The van der Waals surface area contributed by atoms with Crippen LogP contribution >= 0.6 is 11.3 Å². The van der Waals surface area contributed by atoms with Gasteiger partial charge in [0, 0.05) is 17.1 Å². The van der Waals surface area contributed by atoms with Crippen molar-refractivity contribution in [2.24, 2.45) is 5.92 Å². The van der Waals surface area contributed by atoms with Crippen molar-refractivity contribution >= 4 is 17.2 Å². The van der Waals surface area contributed by atoms with Gasteiger partial charge in [-0.1, -0.05) is 6.07 Å². The standard InChI is InChI=1S/C19H23N3O2S/c1-19(2,18-20-9-10-25-18)22-16(23)15-8-7-14(13-5-6-13)17(21-15)24-11-12-3-4-12/h7-10,12-13H,3-6,11H2,1-2H3,(H,22,23). The van der Waals surface area contributed by atoms with Gasteiger partial charge in [-0.2, -0.15) is 0 Å². The highest BCUT2D eigenvalue weighted by Crippen LogP contribution is 2.44. The number of thiazole rings is 1. The maximum atomic E-state index is 12.7. The number of carbonyl (C=O) groups is 1. The fraction of sp³-hybridized carbons (Fsp3) is 0.526. The quantitative estimate of drug-likeness (QED) is 0.817. The largest absolute Gasteiger partial charge is 0.477 e. The number of nitrogens with one attached hydrogen (secondary N) is 1. The zero-order valence-electron chi connectivity index (χ0n) is 14.6. The summed E-state index contributed by atoms with van der Waals surface area (Å²) >= 11 is 1.53. The molecule has 25 heavy (non-hydrogen) atoms. The van der Waals surface area contributed by atoms with Crippen LogP contribution in [0.15, 0.2) is 23.7 Å². The Bertz CT molecular complexity index is 765. The third-order valence-corrected chi connectivity index (χ3v) is 5.78. The van der Waals surface area contributed by atoms with Crippen LogP contribution in [-0.4, -0.2) is 22.5 Å². The molecular formula is C19H23N3O2S. The van der Waals surface area contributed by atoms with Gasteiger partial charge in [0.05, 0.1) is 12.1 Å². The van der Waals surface area contributed by atoms with Crippen LogP contribution in [0.2, 0.25) is 0 Å². The summed E-state index contributed by atoms with van der Waals surface area (Å²) in [6.07, 6.45) is 6.59. The average Bonchev–Trinajstić information content (AvgIpc) is 3.52. The molecule has 132 valence electrons. The minimum atomic E-state index is -0.531. The number of hydrogen-bond acceptors (Lipinski definition) is 5. The van der Waals surface area contributed by atoms with Gasteiger partial charge in [-0.05, 0) is 57.4 Å². The van der Waals surface area contributed by atoms with E-state index in [-0.39, 0.29) is 5.91 Å². The van der Waals surface area contributed by atoms with Crippen LogP contribution in [0.1, 0.15) is 66.5 Å². The van der Waals surface area contributed by atoms with E-state index in [4.69, 9.17) is 4.74 Å². The van der Waals surface area contributed by atoms with Crippen LogP contribution in [0, 0.1) is 5.92 Å². The molecule has 2 saturated carbocycles. The number of aromatic nitrogens is 2. The van der Waals surface area contributed by atoms with Gasteiger partial charge >= 0.3 is 0 Å². The van der Waals surface area contributed by atoms with Crippen LogP contribution < -0.4 is 10.1 Å². The number of amides is 1. The van der Waals surface area contributed by atoms with Gasteiger partial charge in [0.2, 0.25) is 5.88 Å². The first kappa shape index (κ1) is 16.5. The predicted octanol–water partition coefficient (Wildman–Crippen LogP) is 3.87. The molecule has 1 N–H and O–H groups in total. The number of carbonyl (C=O) groups excluding carboxylic acids is 1. The summed E-state index contributed by atoms with van der Waals surface area (Å²) in [5.74, 6) is 1.66. The van der Waals surface area contributed by atoms with E-state index in [1.54, 1.807) is 6.20 Å². The van der Waals surface area contributed by atoms with Crippen molar-refractivity contribution < 1.29 is 9.53 Å². The van der Waals surface area contributed by atoms with Gasteiger partial charge in [-0.15, -0.1) is 11.3 Å². The molecule has 2 heterocycles. The molecule has 0 saturated heterocycles. The first-order chi connectivity index (χ1) is 12.0. The lowest BCUT2D eigenvalue weighted by Gasteiger charge is -2.23. The Balaban J connectivity index is 1.52. The van der Waals surface area contributed by atoms with Gasteiger partial charge < -0.3 is 10.1 Å². The summed E-state index contributed by atoms with van der Waals surface area (Å²) < 4.78 is 5.95. The lowest BCUT2D eigenvalue weighted by Crippen LogP contribution is -2.41. The minimum absolute atomic E-state index is 0.196. The smallest absolute Gasteiger partial charge is 0.270 e.